The topological polar surface area (TPSA) is 78.9 Å². The molecule has 0 saturated heterocycles. The van der Waals surface area contributed by atoms with Crippen LogP contribution in [0.2, 0.25) is 0 Å². The molecule has 0 aromatic rings. The van der Waals surface area contributed by atoms with Gasteiger partial charge in [-0.15, -0.1) is 0 Å². The van der Waals surface area contributed by atoms with Gasteiger partial charge in [0.05, 0.1) is 0 Å². The first-order chi connectivity index (χ1) is 41.0. The third-order valence-corrected chi connectivity index (χ3v) is 16.5. The van der Waals surface area contributed by atoms with Crippen molar-refractivity contribution in [3.8, 4) is 0 Å². The van der Waals surface area contributed by atoms with Crippen LogP contribution in [0.25, 0.3) is 0 Å². The zero-order valence-corrected chi connectivity index (χ0v) is 55.7. The van der Waals surface area contributed by atoms with E-state index in [4.69, 9.17) is 14.2 Å². The second kappa shape index (κ2) is 71.6. The molecule has 1 unspecified atom stereocenters. The Morgan fingerprint density at radius 3 is 0.675 bits per heavy atom. The van der Waals surface area contributed by atoms with Crippen molar-refractivity contribution < 1.29 is 28.6 Å². The number of rotatable bonds is 68. The number of hydrogen-bond donors (Lipinski definition) is 0. The lowest BCUT2D eigenvalue weighted by Gasteiger charge is -2.18. The van der Waals surface area contributed by atoms with Crippen molar-refractivity contribution in [3.05, 3.63) is 60.8 Å². The predicted molar refractivity (Wildman–Crippen MR) is 362 cm³/mol. The number of unbranched alkanes of at least 4 members (excludes halogenated alkanes) is 47. The molecule has 0 aromatic carbocycles. The highest BCUT2D eigenvalue weighted by Crippen LogP contribution is 2.18. The summed E-state index contributed by atoms with van der Waals surface area (Å²) in [7, 11) is 0. The summed E-state index contributed by atoms with van der Waals surface area (Å²) in [6, 6.07) is 0. The van der Waals surface area contributed by atoms with Crippen LogP contribution in [0.15, 0.2) is 60.8 Å². The maximum atomic E-state index is 12.9. The Hall–Kier alpha value is -2.89. The van der Waals surface area contributed by atoms with Crippen LogP contribution in [-0.4, -0.2) is 37.2 Å². The average Bonchev–Trinajstić information content (AvgIpc) is 3.49. The average molecular weight is 1160 g/mol. The molecule has 83 heavy (non-hydrogen) atoms. The summed E-state index contributed by atoms with van der Waals surface area (Å²) in [6.07, 6.45) is 93.2. The highest BCUT2D eigenvalue weighted by molar-refractivity contribution is 5.71. The summed E-state index contributed by atoms with van der Waals surface area (Å²) < 4.78 is 16.8. The number of carbonyl (C=O) groups is 3. The summed E-state index contributed by atoms with van der Waals surface area (Å²) in [5, 5.41) is 0. The smallest absolute Gasteiger partial charge is 0.306 e. The van der Waals surface area contributed by atoms with Crippen LogP contribution in [-0.2, 0) is 28.6 Å². The van der Waals surface area contributed by atoms with Crippen LogP contribution in [0.1, 0.15) is 393 Å². The van der Waals surface area contributed by atoms with E-state index in [1.165, 1.54) is 270 Å². The lowest BCUT2D eigenvalue weighted by molar-refractivity contribution is -0.167. The van der Waals surface area contributed by atoms with Crippen molar-refractivity contribution in [2.75, 3.05) is 13.2 Å². The molecule has 0 aromatic heterocycles. The second-order valence-corrected chi connectivity index (χ2v) is 24.9. The van der Waals surface area contributed by atoms with E-state index in [9.17, 15) is 14.4 Å². The van der Waals surface area contributed by atoms with Crippen LogP contribution in [0, 0.1) is 0 Å². The number of allylic oxidation sites excluding steroid dienone is 10. The monoisotopic (exact) mass is 1160 g/mol. The minimum absolute atomic E-state index is 0.0697. The van der Waals surface area contributed by atoms with Gasteiger partial charge >= 0.3 is 17.9 Å². The first-order valence-corrected chi connectivity index (χ1v) is 36.8. The lowest BCUT2D eigenvalue weighted by Crippen LogP contribution is -2.30. The number of hydrogen-bond acceptors (Lipinski definition) is 6. The third-order valence-electron chi connectivity index (χ3n) is 16.5. The van der Waals surface area contributed by atoms with Gasteiger partial charge in [0.1, 0.15) is 13.2 Å². The number of esters is 3. The first-order valence-electron chi connectivity index (χ1n) is 36.8. The summed E-state index contributed by atoms with van der Waals surface area (Å²) in [5.74, 6) is -0.861. The van der Waals surface area contributed by atoms with Gasteiger partial charge in [-0.3, -0.25) is 14.4 Å². The molecule has 484 valence electrons. The van der Waals surface area contributed by atoms with E-state index in [0.29, 0.717) is 19.3 Å². The van der Waals surface area contributed by atoms with Crippen LogP contribution in [0.5, 0.6) is 0 Å². The molecule has 0 fully saturated rings. The molecular weight excluding hydrogens is 1020 g/mol. The largest absolute Gasteiger partial charge is 0.462 e. The maximum Gasteiger partial charge on any atom is 0.306 e. The minimum Gasteiger partial charge on any atom is -0.462 e. The predicted octanol–water partition coefficient (Wildman–Crippen LogP) is 25.5. The molecule has 0 spiro atoms. The van der Waals surface area contributed by atoms with Gasteiger partial charge in [-0.1, -0.05) is 345 Å². The maximum absolute atomic E-state index is 12.9. The molecule has 0 bridgehead atoms. The molecule has 0 N–H and O–H groups in total. The molecule has 0 rings (SSSR count). The van der Waals surface area contributed by atoms with E-state index < -0.39 is 6.10 Å². The summed E-state index contributed by atoms with van der Waals surface area (Å²) in [4.78, 5) is 38.1. The highest BCUT2D eigenvalue weighted by Gasteiger charge is 2.19. The third kappa shape index (κ3) is 69.8. The Kier molecular flexibility index (Phi) is 69.1. The fourth-order valence-electron chi connectivity index (χ4n) is 11.0. The molecule has 0 aliphatic heterocycles. The normalized spacial score (nSPS) is 12.4. The van der Waals surface area contributed by atoms with Gasteiger partial charge in [0.25, 0.3) is 0 Å². The van der Waals surface area contributed by atoms with Crippen molar-refractivity contribution in [2.24, 2.45) is 0 Å². The van der Waals surface area contributed by atoms with Crippen molar-refractivity contribution in [2.45, 2.75) is 399 Å². The van der Waals surface area contributed by atoms with Crippen molar-refractivity contribution >= 4 is 17.9 Å². The van der Waals surface area contributed by atoms with Gasteiger partial charge in [0, 0.05) is 19.3 Å². The molecular formula is C77H140O6. The van der Waals surface area contributed by atoms with Crippen LogP contribution in [0.3, 0.4) is 0 Å². The van der Waals surface area contributed by atoms with Crippen molar-refractivity contribution in [1.82, 2.24) is 0 Å². The fourth-order valence-corrected chi connectivity index (χ4v) is 11.0. The first kappa shape index (κ1) is 80.1. The zero-order chi connectivity index (χ0) is 59.9. The van der Waals surface area contributed by atoms with Crippen LogP contribution in [0.4, 0.5) is 0 Å². The standard InChI is InChI=1S/C77H140O6/c1-4-7-10-13-15-17-19-21-23-25-27-29-31-33-35-37-38-40-41-43-45-47-49-51-53-55-57-59-61-64-67-70-76(79)82-73-74(72-81-75(78)69-66-63-12-9-6-3)83-77(80)71-68-65-62-60-58-56-54-52-50-48-46-44-42-39-36-34-32-30-28-26-24-22-20-18-16-14-11-8-5-2/h19-22,25-28,31,33,74H,4-18,23-24,29-30,32,34-73H2,1-3H3/b21-19-,22-20-,27-25-,28-26-,33-31-. The van der Waals surface area contributed by atoms with E-state index in [-0.39, 0.29) is 31.1 Å². The fraction of sp³-hybridized carbons (Fsp3) is 0.831. The Morgan fingerprint density at radius 2 is 0.434 bits per heavy atom. The number of carbonyl (C=O) groups excluding carboxylic acids is 3. The zero-order valence-electron chi connectivity index (χ0n) is 55.7. The molecule has 1 atom stereocenters. The molecule has 0 saturated carbocycles. The number of ether oxygens (including phenoxy) is 3. The molecule has 0 amide bonds. The summed E-state index contributed by atoms with van der Waals surface area (Å²) in [6.45, 7) is 6.59. The molecule has 0 aliphatic rings. The SMILES string of the molecule is CCCCCCC/C=C\C/C=C\C/C=C\CCCCCCCCCCCCCCCCCCC(=O)OCC(COC(=O)CCCCCCC)OC(=O)CCCCCCCCCCCCCCCCCCC/C=C\C/C=C\CCCCCCC. The molecule has 0 aliphatic carbocycles. The lowest BCUT2D eigenvalue weighted by atomic mass is 10.0. The van der Waals surface area contributed by atoms with Gasteiger partial charge in [-0.2, -0.15) is 0 Å². The second-order valence-electron chi connectivity index (χ2n) is 24.9. The van der Waals surface area contributed by atoms with Gasteiger partial charge < -0.3 is 14.2 Å². The van der Waals surface area contributed by atoms with Gasteiger partial charge in [-0.05, 0) is 89.9 Å². The Bertz CT molecular complexity index is 1470. The van der Waals surface area contributed by atoms with Gasteiger partial charge in [0.15, 0.2) is 6.10 Å². The summed E-state index contributed by atoms with van der Waals surface area (Å²) >= 11 is 0. The Balaban J connectivity index is 3.92. The van der Waals surface area contributed by atoms with Gasteiger partial charge in [-0.25, -0.2) is 0 Å². The van der Waals surface area contributed by atoms with E-state index >= 15 is 0 Å². The molecule has 6 nitrogen and oxygen atoms in total. The van der Waals surface area contributed by atoms with Crippen molar-refractivity contribution in [3.63, 3.8) is 0 Å². The van der Waals surface area contributed by atoms with Gasteiger partial charge in [0.2, 0.25) is 0 Å². The molecule has 6 heteroatoms. The van der Waals surface area contributed by atoms with E-state index in [1.807, 2.05) is 0 Å². The highest BCUT2D eigenvalue weighted by atomic mass is 16.6. The van der Waals surface area contributed by atoms with Crippen LogP contribution >= 0.6 is 0 Å². The summed E-state index contributed by atoms with van der Waals surface area (Å²) in [5.41, 5.74) is 0. The van der Waals surface area contributed by atoms with E-state index in [1.54, 1.807) is 0 Å². The van der Waals surface area contributed by atoms with E-state index in [2.05, 4.69) is 81.5 Å². The molecule has 0 radical (unpaired) electrons. The van der Waals surface area contributed by atoms with E-state index in [0.717, 1.165) is 83.5 Å². The van der Waals surface area contributed by atoms with Crippen LogP contribution < -0.4 is 0 Å². The quantitative estimate of drug-likeness (QED) is 0.0261. The van der Waals surface area contributed by atoms with Crippen molar-refractivity contribution in [1.29, 1.82) is 0 Å². The minimum atomic E-state index is -0.769. The Labute approximate surface area is 517 Å². The Morgan fingerprint density at radius 1 is 0.241 bits per heavy atom. The molecule has 0 heterocycles.